The summed E-state index contributed by atoms with van der Waals surface area (Å²) in [6.45, 7) is 0.313. The van der Waals surface area contributed by atoms with Crippen molar-refractivity contribution in [2.24, 2.45) is 0 Å². The van der Waals surface area contributed by atoms with Crippen molar-refractivity contribution in [3.05, 3.63) is 58.1 Å². The molecule has 1 aliphatic rings. The molecule has 0 bridgehead atoms. The molecule has 2 aromatic rings. The highest BCUT2D eigenvalue weighted by molar-refractivity contribution is 5.99. The molecule has 28 heavy (non-hydrogen) atoms. The minimum Gasteiger partial charge on any atom is -0.493 e. The van der Waals surface area contributed by atoms with Crippen molar-refractivity contribution in [2.75, 3.05) is 25.7 Å². The quantitative estimate of drug-likeness (QED) is 0.602. The van der Waals surface area contributed by atoms with Gasteiger partial charge >= 0.3 is 0 Å². The van der Waals surface area contributed by atoms with Gasteiger partial charge in [-0.1, -0.05) is 0 Å². The third-order valence-electron chi connectivity index (χ3n) is 4.48. The summed E-state index contributed by atoms with van der Waals surface area (Å²) < 4.78 is 10.5. The number of nitrogens with zero attached hydrogens (tertiary/aromatic N) is 2. The molecule has 0 radical (unpaired) electrons. The Morgan fingerprint density at radius 2 is 1.82 bits per heavy atom. The van der Waals surface area contributed by atoms with E-state index in [1.807, 2.05) is 0 Å². The second-order valence-corrected chi connectivity index (χ2v) is 6.22. The van der Waals surface area contributed by atoms with Crippen molar-refractivity contribution in [1.29, 1.82) is 0 Å². The first kappa shape index (κ1) is 19.2. The lowest BCUT2D eigenvalue weighted by Crippen LogP contribution is -2.37. The normalized spacial score (nSPS) is 16.0. The number of carbonyl (C=O) groups is 2. The predicted octanol–water partition coefficient (Wildman–Crippen LogP) is 2.15. The first-order valence-electron chi connectivity index (χ1n) is 8.50. The van der Waals surface area contributed by atoms with Gasteiger partial charge in [-0.15, -0.1) is 0 Å². The summed E-state index contributed by atoms with van der Waals surface area (Å²) in [6.07, 6.45) is 0.160. The van der Waals surface area contributed by atoms with Gasteiger partial charge in [0.25, 0.3) is 11.6 Å². The van der Waals surface area contributed by atoms with Crippen LogP contribution in [0.1, 0.15) is 16.8 Å². The number of methoxy groups -OCH3 is 2. The first-order chi connectivity index (χ1) is 13.4. The van der Waals surface area contributed by atoms with Crippen LogP contribution in [0.5, 0.6) is 11.5 Å². The van der Waals surface area contributed by atoms with E-state index in [0.29, 0.717) is 29.3 Å². The number of nitro groups is 1. The molecular formula is C19H19N3O6. The number of benzene rings is 2. The van der Waals surface area contributed by atoms with E-state index in [0.717, 1.165) is 0 Å². The van der Waals surface area contributed by atoms with Crippen LogP contribution in [0, 0.1) is 10.1 Å². The fourth-order valence-electron chi connectivity index (χ4n) is 3.05. The van der Waals surface area contributed by atoms with Gasteiger partial charge in [-0.2, -0.15) is 0 Å². The van der Waals surface area contributed by atoms with Crippen molar-refractivity contribution >= 4 is 23.2 Å². The molecule has 9 heteroatoms. The van der Waals surface area contributed by atoms with Crippen LogP contribution in [-0.4, -0.2) is 43.5 Å². The first-order valence-corrected chi connectivity index (χ1v) is 8.50. The molecule has 1 fully saturated rings. The zero-order valence-corrected chi connectivity index (χ0v) is 15.4. The molecule has 1 heterocycles. The van der Waals surface area contributed by atoms with Crippen molar-refractivity contribution in [1.82, 2.24) is 5.32 Å². The molecule has 9 nitrogen and oxygen atoms in total. The van der Waals surface area contributed by atoms with Gasteiger partial charge in [-0.3, -0.25) is 19.7 Å². The molecule has 0 spiro atoms. The van der Waals surface area contributed by atoms with E-state index >= 15 is 0 Å². The standard InChI is InChI=1S/C19H19N3O6/c1-27-16-8-7-15(10-17(16)28-2)21-11-13(9-18(21)23)20-19(24)12-3-5-14(6-4-12)22(25)26/h3-8,10,13H,9,11H2,1-2H3,(H,20,24). The Bertz CT molecular complexity index is 912. The number of anilines is 1. The second kappa shape index (κ2) is 7.95. The highest BCUT2D eigenvalue weighted by atomic mass is 16.6. The molecule has 0 aromatic heterocycles. The minimum atomic E-state index is -0.529. The molecule has 146 valence electrons. The molecule has 1 aliphatic heterocycles. The van der Waals surface area contributed by atoms with Crippen molar-refractivity contribution in [3.8, 4) is 11.5 Å². The third kappa shape index (κ3) is 3.88. The number of ether oxygens (including phenoxy) is 2. The maximum atomic E-state index is 12.4. The number of non-ortho nitro benzene ring substituents is 1. The predicted molar refractivity (Wildman–Crippen MR) is 101 cm³/mol. The van der Waals surface area contributed by atoms with E-state index < -0.39 is 4.92 Å². The zero-order chi connectivity index (χ0) is 20.3. The van der Waals surface area contributed by atoms with E-state index in [-0.39, 0.29) is 30.0 Å². The number of nitrogens with one attached hydrogen (secondary N) is 1. The topological polar surface area (TPSA) is 111 Å². The largest absolute Gasteiger partial charge is 0.493 e. The Labute approximate surface area is 161 Å². The molecule has 1 atom stereocenters. The van der Waals surface area contributed by atoms with Gasteiger partial charge in [0.15, 0.2) is 11.5 Å². The van der Waals surface area contributed by atoms with Crippen LogP contribution in [-0.2, 0) is 4.79 Å². The SMILES string of the molecule is COc1ccc(N2CC(NC(=O)c3ccc([N+](=O)[O-])cc3)CC2=O)cc1OC. The van der Waals surface area contributed by atoms with Crippen LogP contribution in [0.3, 0.4) is 0 Å². The second-order valence-electron chi connectivity index (χ2n) is 6.22. The minimum absolute atomic E-state index is 0.0905. The average molecular weight is 385 g/mol. The van der Waals surface area contributed by atoms with Crippen LogP contribution in [0.4, 0.5) is 11.4 Å². The van der Waals surface area contributed by atoms with Crippen molar-refractivity contribution in [2.45, 2.75) is 12.5 Å². The number of rotatable bonds is 6. The van der Waals surface area contributed by atoms with Gasteiger partial charge in [0.1, 0.15) is 0 Å². The van der Waals surface area contributed by atoms with Crippen LogP contribution in [0.15, 0.2) is 42.5 Å². The van der Waals surface area contributed by atoms with Crippen LogP contribution in [0.25, 0.3) is 0 Å². The zero-order valence-electron chi connectivity index (χ0n) is 15.4. The van der Waals surface area contributed by atoms with Gasteiger partial charge in [-0.25, -0.2) is 0 Å². The molecule has 1 unspecified atom stereocenters. The van der Waals surface area contributed by atoms with Gasteiger partial charge in [0.2, 0.25) is 5.91 Å². The van der Waals surface area contributed by atoms with E-state index in [4.69, 9.17) is 9.47 Å². The molecule has 1 N–H and O–H groups in total. The number of hydrogen-bond acceptors (Lipinski definition) is 6. The Morgan fingerprint density at radius 3 is 2.43 bits per heavy atom. The lowest BCUT2D eigenvalue weighted by molar-refractivity contribution is -0.384. The summed E-state index contributed by atoms with van der Waals surface area (Å²) in [5.41, 5.74) is 0.851. The van der Waals surface area contributed by atoms with E-state index in [2.05, 4.69) is 5.32 Å². The highest BCUT2D eigenvalue weighted by Gasteiger charge is 2.32. The van der Waals surface area contributed by atoms with Gasteiger partial charge in [-0.05, 0) is 24.3 Å². The number of nitro benzene ring substituents is 1. The van der Waals surface area contributed by atoms with Crippen molar-refractivity contribution < 1.29 is 24.0 Å². The highest BCUT2D eigenvalue weighted by Crippen LogP contribution is 2.33. The summed E-state index contributed by atoms with van der Waals surface area (Å²) >= 11 is 0. The Hall–Kier alpha value is -3.62. The fourth-order valence-corrected chi connectivity index (χ4v) is 3.05. The summed E-state index contributed by atoms with van der Waals surface area (Å²) in [6, 6.07) is 10.1. The van der Waals surface area contributed by atoms with E-state index in [1.54, 1.807) is 23.1 Å². The van der Waals surface area contributed by atoms with Crippen molar-refractivity contribution in [3.63, 3.8) is 0 Å². The number of carbonyl (C=O) groups excluding carboxylic acids is 2. The molecule has 0 aliphatic carbocycles. The molecule has 2 aromatic carbocycles. The molecular weight excluding hydrogens is 366 g/mol. The van der Waals surface area contributed by atoms with Crippen LogP contribution >= 0.6 is 0 Å². The van der Waals surface area contributed by atoms with Gasteiger partial charge in [0, 0.05) is 42.4 Å². The van der Waals surface area contributed by atoms with Crippen LogP contribution < -0.4 is 19.7 Å². The Kier molecular flexibility index (Phi) is 5.44. The molecule has 2 amide bonds. The lowest BCUT2D eigenvalue weighted by Gasteiger charge is -2.19. The molecule has 0 saturated carbocycles. The third-order valence-corrected chi connectivity index (χ3v) is 4.48. The molecule has 1 saturated heterocycles. The van der Waals surface area contributed by atoms with E-state index in [1.165, 1.54) is 38.5 Å². The van der Waals surface area contributed by atoms with E-state index in [9.17, 15) is 19.7 Å². The van der Waals surface area contributed by atoms with Gasteiger partial charge in [0.05, 0.1) is 25.2 Å². The number of hydrogen-bond donors (Lipinski definition) is 1. The summed E-state index contributed by atoms with van der Waals surface area (Å²) in [7, 11) is 3.04. The monoisotopic (exact) mass is 385 g/mol. The summed E-state index contributed by atoms with van der Waals surface area (Å²) in [4.78, 5) is 36.5. The Morgan fingerprint density at radius 1 is 1.14 bits per heavy atom. The lowest BCUT2D eigenvalue weighted by atomic mass is 10.1. The van der Waals surface area contributed by atoms with Crippen LogP contribution in [0.2, 0.25) is 0 Å². The smallest absolute Gasteiger partial charge is 0.269 e. The maximum absolute atomic E-state index is 12.4. The Balaban J connectivity index is 1.69. The fraction of sp³-hybridized carbons (Fsp3) is 0.263. The number of amides is 2. The summed E-state index contributed by atoms with van der Waals surface area (Å²) in [5.74, 6) is 0.551. The average Bonchev–Trinajstić information content (AvgIpc) is 3.07. The molecule has 3 rings (SSSR count). The summed E-state index contributed by atoms with van der Waals surface area (Å²) in [5, 5.41) is 13.5. The van der Waals surface area contributed by atoms with Gasteiger partial charge < -0.3 is 19.7 Å². The maximum Gasteiger partial charge on any atom is 0.269 e.